The molecule has 0 radical (unpaired) electrons. The molecule has 94 valence electrons. The molecule has 2 nitrogen and oxygen atoms in total. The second kappa shape index (κ2) is 5.54. The summed E-state index contributed by atoms with van der Waals surface area (Å²) >= 11 is 0. The lowest BCUT2D eigenvalue weighted by molar-refractivity contribution is 0.196. The summed E-state index contributed by atoms with van der Waals surface area (Å²) in [6.45, 7) is 4.80. The van der Waals surface area contributed by atoms with Gasteiger partial charge in [-0.25, -0.2) is 0 Å². The first kappa shape index (κ1) is 12.4. The standard InChI is InChI=1S/C15H24N2/c1-3-15(12-4-6-14(16)7-5-12)13-8-10-17(2)11-9-13/h4-7,13,15H,3,8-11,16H2,1-2H3. The van der Waals surface area contributed by atoms with Gasteiger partial charge < -0.3 is 10.6 Å². The molecular formula is C15H24N2. The highest BCUT2D eigenvalue weighted by atomic mass is 15.1. The van der Waals surface area contributed by atoms with E-state index in [9.17, 15) is 0 Å². The van der Waals surface area contributed by atoms with E-state index in [0.717, 1.165) is 11.6 Å². The van der Waals surface area contributed by atoms with E-state index in [1.807, 2.05) is 12.1 Å². The Hall–Kier alpha value is -1.02. The Morgan fingerprint density at radius 3 is 2.35 bits per heavy atom. The van der Waals surface area contributed by atoms with Gasteiger partial charge in [0.15, 0.2) is 0 Å². The third-order valence-electron chi connectivity index (χ3n) is 4.14. The zero-order valence-corrected chi connectivity index (χ0v) is 11.0. The Kier molecular flexibility index (Phi) is 4.06. The molecule has 0 bridgehead atoms. The topological polar surface area (TPSA) is 29.3 Å². The Bertz CT molecular complexity index is 336. The van der Waals surface area contributed by atoms with Crippen molar-refractivity contribution in [2.24, 2.45) is 5.92 Å². The highest BCUT2D eigenvalue weighted by Gasteiger charge is 2.25. The number of rotatable bonds is 3. The predicted octanol–water partition coefficient (Wildman–Crippen LogP) is 3.10. The van der Waals surface area contributed by atoms with Crippen molar-refractivity contribution in [3.8, 4) is 0 Å². The van der Waals surface area contributed by atoms with Crippen LogP contribution >= 0.6 is 0 Å². The van der Waals surface area contributed by atoms with Crippen molar-refractivity contribution in [1.29, 1.82) is 0 Å². The zero-order chi connectivity index (χ0) is 12.3. The Balaban J connectivity index is 2.08. The summed E-state index contributed by atoms with van der Waals surface area (Å²) in [5.74, 6) is 1.56. The molecule has 2 heteroatoms. The summed E-state index contributed by atoms with van der Waals surface area (Å²) in [6, 6.07) is 8.49. The number of hydrogen-bond acceptors (Lipinski definition) is 2. The molecule has 0 aliphatic carbocycles. The maximum absolute atomic E-state index is 5.76. The lowest BCUT2D eigenvalue weighted by Crippen LogP contribution is -2.32. The molecule has 1 aliphatic rings. The molecule has 1 heterocycles. The van der Waals surface area contributed by atoms with Crippen molar-refractivity contribution in [3.05, 3.63) is 29.8 Å². The molecule has 1 aromatic rings. The lowest BCUT2D eigenvalue weighted by Gasteiger charge is -2.34. The maximum Gasteiger partial charge on any atom is 0.0314 e. The van der Waals surface area contributed by atoms with Crippen LogP contribution in [-0.2, 0) is 0 Å². The average molecular weight is 232 g/mol. The van der Waals surface area contributed by atoms with Gasteiger partial charge in [0.2, 0.25) is 0 Å². The second-order valence-electron chi connectivity index (χ2n) is 5.32. The fraction of sp³-hybridized carbons (Fsp3) is 0.600. The number of anilines is 1. The largest absolute Gasteiger partial charge is 0.399 e. The van der Waals surface area contributed by atoms with Gasteiger partial charge in [-0.2, -0.15) is 0 Å². The van der Waals surface area contributed by atoms with Gasteiger partial charge in [0.05, 0.1) is 0 Å². The second-order valence-corrected chi connectivity index (χ2v) is 5.32. The third kappa shape index (κ3) is 3.01. The fourth-order valence-corrected chi connectivity index (χ4v) is 3.02. The van der Waals surface area contributed by atoms with E-state index in [4.69, 9.17) is 5.73 Å². The van der Waals surface area contributed by atoms with E-state index in [-0.39, 0.29) is 0 Å². The molecule has 1 saturated heterocycles. The molecule has 2 rings (SSSR count). The van der Waals surface area contributed by atoms with Gasteiger partial charge in [0.25, 0.3) is 0 Å². The van der Waals surface area contributed by atoms with Crippen molar-refractivity contribution in [1.82, 2.24) is 4.90 Å². The molecular weight excluding hydrogens is 208 g/mol. The number of nitrogens with zero attached hydrogens (tertiary/aromatic N) is 1. The van der Waals surface area contributed by atoms with Crippen LogP contribution in [0.4, 0.5) is 5.69 Å². The van der Waals surface area contributed by atoms with Crippen molar-refractivity contribution < 1.29 is 0 Å². The summed E-state index contributed by atoms with van der Waals surface area (Å²) in [5.41, 5.74) is 8.09. The smallest absolute Gasteiger partial charge is 0.0314 e. The van der Waals surface area contributed by atoms with Crippen LogP contribution in [0.5, 0.6) is 0 Å². The molecule has 0 aromatic heterocycles. The minimum Gasteiger partial charge on any atom is -0.399 e. The molecule has 0 spiro atoms. The van der Waals surface area contributed by atoms with Crippen molar-refractivity contribution in [3.63, 3.8) is 0 Å². The van der Waals surface area contributed by atoms with Gasteiger partial charge >= 0.3 is 0 Å². The highest BCUT2D eigenvalue weighted by molar-refractivity contribution is 5.40. The molecule has 1 fully saturated rings. The van der Waals surface area contributed by atoms with Crippen LogP contribution in [0, 0.1) is 5.92 Å². The van der Waals surface area contributed by atoms with Crippen LogP contribution in [0.15, 0.2) is 24.3 Å². The first-order chi connectivity index (χ1) is 8.20. The van der Waals surface area contributed by atoms with Crippen LogP contribution in [-0.4, -0.2) is 25.0 Å². The lowest BCUT2D eigenvalue weighted by atomic mass is 9.78. The van der Waals surface area contributed by atoms with Crippen LogP contribution in [0.3, 0.4) is 0 Å². The van der Waals surface area contributed by atoms with Crippen LogP contribution < -0.4 is 5.73 Å². The molecule has 0 saturated carbocycles. The Morgan fingerprint density at radius 1 is 1.24 bits per heavy atom. The van der Waals surface area contributed by atoms with E-state index >= 15 is 0 Å². The summed E-state index contributed by atoms with van der Waals surface area (Å²) in [6.07, 6.45) is 3.90. The third-order valence-corrected chi connectivity index (χ3v) is 4.14. The summed E-state index contributed by atoms with van der Waals surface area (Å²) in [5, 5.41) is 0. The van der Waals surface area contributed by atoms with Crippen molar-refractivity contribution in [2.45, 2.75) is 32.1 Å². The molecule has 1 unspecified atom stereocenters. The van der Waals surface area contributed by atoms with Crippen LogP contribution in [0.2, 0.25) is 0 Å². The predicted molar refractivity (Wildman–Crippen MR) is 74.1 cm³/mol. The zero-order valence-electron chi connectivity index (χ0n) is 11.0. The van der Waals surface area contributed by atoms with Gasteiger partial charge in [-0.3, -0.25) is 0 Å². The highest BCUT2D eigenvalue weighted by Crippen LogP contribution is 2.35. The van der Waals surface area contributed by atoms with Gasteiger partial charge in [0.1, 0.15) is 0 Å². The van der Waals surface area contributed by atoms with Crippen molar-refractivity contribution in [2.75, 3.05) is 25.9 Å². The average Bonchev–Trinajstić information content (AvgIpc) is 2.35. The summed E-state index contributed by atoms with van der Waals surface area (Å²) in [4.78, 5) is 2.44. The number of nitrogen functional groups attached to an aromatic ring is 1. The number of hydrogen-bond donors (Lipinski definition) is 1. The van der Waals surface area contributed by atoms with E-state index in [1.165, 1.54) is 37.9 Å². The summed E-state index contributed by atoms with van der Waals surface area (Å²) < 4.78 is 0. The maximum atomic E-state index is 5.76. The fourth-order valence-electron chi connectivity index (χ4n) is 3.02. The number of likely N-dealkylation sites (tertiary alicyclic amines) is 1. The molecule has 1 aliphatic heterocycles. The van der Waals surface area contributed by atoms with Crippen LogP contribution in [0.25, 0.3) is 0 Å². The Morgan fingerprint density at radius 2 is 1.82 bits per heavy atom. The van der Waals surface area contributed by atoms with Gasteiger partial charge in [-0.15, -0.1) is 0 Å². The van der Waals surface area contributed by atoms with Gasteiger partial charge in [-0.1, -0.05) is 19.1 Å². The molecule has 1 atom stereocenters. The minimum absolute atomic E-state index is 0.712. The quantitative estimate of drug-likeness (QED) is 0.811. The normalized spacial score (nSPS) is 20.4. The summed E-state index contributed by atoms with van der Waals surface area (Å²) in [7, 11) is 2.22. The van der Waals surface area contributed by atoms with Crippen LogP contribution in [0.1, 0.15) is 37.7 Å². The molecule has 17 heavy (non-hydrogen) atoms. The van der Waals surface area contributed by atoms with E-state index in [0.29, 0.717) is 5.92 Å². The van der Waals surface area contributed by atoms with Gasteiger partial charge in [-0.05, 0) is 68.9 Å². The van der Waals surface area contributed by atoms with E-state index < -0.39 is 0 Å². The van der Waals surface area contributed by atoms with Gasteiger partial charge in [0, 0.05) is 5.69 Å². The molecule has 1 aromatic carbocycles. The van der Waals surface area contributed by atoms with E-state index in [1.54, 1.807) is 0 Å². The molecule has 2 N–H and O–H groups in total. The Labute approximate surface area is 105 Å². The SMILES string of the molecule is CCC(c1ccc(N)cc1)C1CCN(C)CC1. The molecule has 0 amide bonds. The first-order valence-electron chi connectivity index (χ1n) is 6.74. The minimum atomic E-state index is 0.712. The number of benzene rings is 1. The number of nitrogens with two attached hydrogens (primary N) is 1. The monoisotopic (exact) mass is 232 g/mol. The first-order valence-corrected chi connectivity index (χ1v) is 6.74. The number of piperidine rings is 1. The van der Waals surface area contributed by atoms with Crippen molar-refractivity contribution >= 4 is 5.69 Å². The van der Waals surface area contributed by atoms with E-state index in [2.05, 4.69) is 31.0 Å².